The fraction of sp³-hybridized carbons (Fsp3) is 0.778. The minimum absolute atomic E-state index is 0.0483. The first-order valence-corrected chi connectivity index (χ1v) is 4.23. The van der Waals surface area contributed by atoms with Gasteiger partial charge in [-0.1, -0.05) is 6.92 Å². The van der Waals surface area contributed by atoms with Gasteiger partial charge >= 0.3 is 0 Å². The van der Waals surface area contributed by atoms with E-state index in [4.69, 9.17) is 4.74 Å². The molecule has 0 fully saturated rings. The Morgan fingerprint density at radius 3 is 2.50 bits per heavy atom. The fourth-order valence-corrected chi connectivity index (χ4v) is 1.43. The van der Waals surface area contributed by atoms with Crippen LogP contribution in [-0.2, 0) is 9.53 Å². The van der Waals surface area contributed by atoms with Gasteiger partial charge in [0.25, 0.3) is 0 Å². The minimum atomic E-state index is -0.382. The summed E-state index contributed by atoms with van der Waals surface area (Å²) >= 11 is 0. The number of ketones is 1. The van der Waals surface area contributed by atoms with Crippen LogP contribution in [-0.4, -0.2) is 23.3 Å². The van der Waals surface area contributed by atoms with Crippen LogP contribution in [0.3, 0.4) is 0 Å². The van der Waals surface area contributed by atoms with Gasteiger partial charge in [0.05, 0.1) is 0 Å². The third-order valence-corrected chi connectivity index (χ3v) is 1.98. The van der Waals surface area contributed by atoms with E-state index < -0.39 is 0 Å². The molecule has 0 aromatic carbocycles. The molecule has 0 spiro atoms. The Kier molecular flexibility index (Phi) is 2.22. The van der Waals surface area contributed by atoms with Gasteiger partial charge in [0.15, 0.2) is 17.8 Å². The van der Waals surface area contributed by atoms with Crippen LogP contribution in [0.25, 0.3) is 0 Å². The van der Waals surface area contributed by atoms with E-state index in [9.17, 15) is 4.79 Å². The Morgan fingerprint density at radius 1 is 1.67 bits per heavy atom. The first-order chi connectivity index (χ1) is 5.47. The maximum atomic E-state index is 11.1. The van der Waals surface area contributed by atoms with Crippen LogP contribution in [0.1, 0.15) is 34.1 Å². The monoisotopic (exact) mass is 169 g/mol. The lowest BCUT2D eigenvalue weighted by Crippen LogP contribution is -2.37. The van der Waals surface area contributed by atoms with Crippen molar-refractivity contribution in [3.05, 3.63) is 0 Å². The lowest BCUT2D eigenvalue weighted by atomic mass is 9.96. The van der Waals surface area contributed by atoms with Crippen LogP contribution in [0, 0.1) is 0 Å². The molecule has 68 valence electrons. The molecule has 12 heavy (non-hydrogen) atoms. The van der Waals surface area contributed by atoms with E-state index in [0.717, 1.165) is 6.42 Å². The number of Topliss-reactive ketones (excluding diaryl/α,β-unsaturated/α-hetero) is 1. The summed E-state index contributed by atoms with van der Waals surface area (Å²) in [4.78, 5) is 15.4. The molecule has 0 N–H and O–H groups in total. The number of rotatable bonds is 2. The van der Waals surface area contributed by atoms with Crippen molar-refractivity contribution in [1.29, 1.82) is 0 Å². The summed E-state index contributed by atoms with van der Waals surface area (Å²) in [6, 6.07) is 0. The van der Waals surface area contributed by atoms with Gasteiger partial charge in [-0.2, -0.15) is 0 Å². The maximum absolute atomic E-state index is 11.1. The molecule has 0 radical (unpaired) electrons. The molecule has 0 saturated carbocycles. The van der Waals surface area contributed by atoms with Gasteiger partial charge in [-0.15, -0.1) is 0 Å². The first kappa shape index (κ1) is 9.23. The van der Waals surface area contributed by atoms with E-state index in [2.05, 4.69) is 4.99 Å². The molecule has 0 amide bonds. The van der Waals surface area contributed by atoms with E-state index in [-0.39, 0.29) is 17.4 Å². The minimum Gasteiger partial charge on any atom is -0.467 e. The van der Waals surface area contributed by atoms with Crippen LogP contribution < -0.4 is 0 Å². The van der Waals surface area contributed by atoms with Crippen molar-refractivity contribution in [2.24, 2.45) is 4.99 Å². The molecule has 3 heteroatoms. The SMILES string of the molecule is CCC1=NC(C)(C)C(C(C)=O)O1. The standard InChI is InChI=1S/C9H15NO2/c1-5-7-10-9(3,4)8(12-7)6(2)11/h8H,5H2,1-4H3. The Hall–Kier alpha value is -0.860. The van der Waals surface area contributed by atoms with Crippen molar-refractivity contribution < 1.29 is 9.53 Å². The highest BCUT2D eigenvalue weighted by atomic mass is 16.5. The molecule has 0 aliphatic carbocycles. The maximum Gasteiger partial charge on any atom is 0.184 e. The van der Waals surface area contributed by atoms with Crippen molar-refractivity contribution >= 4 is 11.7 Å². The average Bonchev–Trinajstić information content (AvgIpc) is 2.25. The zero-order chi connectivity index (χ0) is 9.35. The largest absolute Gasteiger partial charge is 0.467 e. The Labute approximate surface area is 72.8 Å². The van der Waals surface area contributed by atoms with Crippen LogP contribution in [0.15, 0.2) is 4.99 Å². The summed E-state index contributed by atoms with van der Waals surface area (Å²) in [7, 11) is 0. The zero-order valence-electron chi connectivity index (χ0n) is 8.05. The number of hydrogen-bond acceptors (Lipinski definition) is 3. The third kappa shape index (κ3) is 1.49. The molecule has 1 heterocycles. The van der Waals surface area contributed by atoms with E-state index in [1.165, 1.54) is 0 Å². The van der Waals surface area contributed by atoms with E-state index in [1.54, 1.807) is 6.92 Å². The average molecular weight is 169 g/mol. The van der Waals surface area contributed by atoms with Crippen LogP contribution >= 0.6 is 0 Å². The molecule has 1 aliphatic rings. The normalized spacial score (nSPS) is 26.3. The lowest BCUT2D eigenvalue weighted by Gasteiger charge is -2.19. The smallest absolute Gasteiger partial charge is 0.184 e. The second-order valence-electron chi connectivity index (χ2n) is 3.62. The predicted octanol–water partition coefficient (Wildman–Crippen LogP) is 1.56. The van der Waals surface area contributed by atoms with Gasteiger partial charge < -0.3 is 4.74 Å². The van der Waals surface area contributed by atoms with Gasteiger partial charge in [-0.05, 0) is 20.8 Å². The van der Waals surface area contributed by atoms with Gasteiger partial charge in [-0.25, -0.2) is 4.99 Å². The molecule has 1 aliphatic heterocycles. The molecule has 0 bridgehead atoms. The van der Waals surface area contributed by atoms with Crippen molar-refractivity contribution in [2.45, 2.75) is 45.8 Å². The first-order valence-electron chi connectivity index (χ1n) is 4.23. The molecule has 1 unspecified atom stereocenters. The molecule has 1 rings (SSSR count). The molecule has 3 nitrogen and oxygen atoms in total. The van der Waals surface area contributed by atoms with Gasteiger partial charge in [0.1, 0.15) is 5.54 Å². The summed E-state index contributed by atoms with van der Waals surface area (Å²) in [6.07, 6.45) is 0.375. The second kappa shape index (κ2) is 2.88. The highest BCUT2D eigenvalue weighted by molar-refractivity contribution is 5.89. The summed E-state index contributed by atoms with van der Waals surface area (Å²) in [6.45, 7) is 7.35. The van der Waals surface area contributed by atoms with Gasteiger partial charge in [0, 0.05) is 6.42 Å². The number of ether oxygens (including phenoxy) is 1. The molecular weight excluding hydrogens is 154 g/mol. The Balaban J connectivity index is 2.82. The Morgan fingerprint density at radius 2 is 2.25 bits per heavy atom. The molecule has 1 atom stereocenters. The number of hydrogen-bond donors (Lipinski definition) is 0. The van der Waals surface area contributed by atoms with E-state index in [1.807, 2.05) is 20.8 Å². The summed E-state index contributed by atoms with van der Waals surface area (Å²) in [5.41, 5.74) is -0.378. The van der Waals surface area contributed by atoms with Crippen molar-refractivity contribution in [3.63, 3.8) is 0 Å². The highest BCUT2D eigenvalue weighted by Crippen LogP contribution is 2.26. The fourth-order valence-electron chi connectivity index (χ4n) is 1.43. The van der Waals surface area contributed by atoms with Crippen LogP contribution in [0.2, 0.25) is 0 Å². The summed E-state index contributed by atoms with van der Waals surface area (Å²) in [5.74, 6) is 0.743. The number of nitrogens with zero attached hydrogens (tertiary/aromatic N) is 1. The highest BCUT2D eigenvalue weighted by Gasteiger charge is 2.40. The summed E-state index contributed by atoms with van der Waals surface area (Å²) in [5, 5.41) is 0. The molecule has 0 saturated heterocycles. The van der Waals surface area contributed by atoms with Crippen molar-refractivity contribution in [2.75, 3.05) is 0 Å². The van der Waals surface area contributed by atoms with Crippen LogP contribution in [0.4, 0.5) is 0 Å². The second-order valence-corrected chi connectivity index (χ2v) is 3.62. The van der Waals surface area contributed by atoms with Gasteiger partial charge in [-0.3, -0.25) is 4.79 Å². The number of carbonyl (C=O) groups excluding carboxylic acids is 1. The molecule has 0 aromatic rings. The third-order valence-electron chi connectivity index (χ3n) is 1.98. The lowest BCUT2D eigenvalue weighted by molar-refractivity contribution is -0.125. The van der Waals surface area contributed by atoms with Crippen molar-refractivity contribution in [3.8, 4) is 0 Å². The van der Waals surface area contributed by atoms with E-state index >= 15 is 0 Å². The number of aliphatic imine (C=N–C) groups is 1. The number of carbonyl (C=O) groups is 1. The zero-order valence-corrected chi connectivity index (χ0v) is 8.05. The quantitative estimate of drug-likeness (QED) is 0.629. The van der Waals surface area contributed by atoms with Crippen LogP contribution in [0.5, 0.6) is 0 Å². The van der Waals surface area contributed by atoms with E-state index in [0.29, 0.717) is 5.90 Å². The molecular formula is C9H15NO2. The predicted molar refractivity (Wildman–Crippen MR) is 47.4 cm³/mol. The Bertz CT molecular complexity index is 231. The molecule has 0 aromatic heterocycles. The van der Waals surface area contributed by atoms with Gasteiger partial charge in [0.2, 0.25) is 0 Å². The topological polar surface area (TPSA) is 38.7 Å². The van der Waals surface area contributed by atoms with Crippen molar-refractivity contribution in [1.82, 2.24) is 0 Å². The summed E-state index contributed by atoms with van der Waals surface area (Å²) < 4.78 is 5.39.